The van der Waals surface area contributed by atoms with Gasteiger partial charge in [0.25, 0.3) is 0 Å². The Morgan fingerprint density at radius 1 is 1.15 bits per heavy atom. The molecule has 1 aromatic heterocycles. The summed E-state index contributed by atoms with van der Waals surface area (Å²) < 4.78 is 1.81. The zero-order chi connectivity index (χ0) is 18.5. The molecule has 2 aliphatic rings. The molecule has 3 heterocycles. The Morgan fingerprint density at radius 2 is 1.88 bits per heavy atom. The van der Waals surface area contributed by atoms with Crippen LogP contribution < -0.4 is 5.73 Å². The van der Waals surface area contributed by atoms with E-state index >= 15 is 0 Å². The van der Waals surface area contributed by atoms with Gasteiger partial charge in [-0.3, -0.25) is 14.5 Å². The summed E-state index contributed by atoms with van der Waals surface area (Å²) in [6.45, 7) is 9.36. The quantitative estimate of drug-likeness (QED) is 0.751. The molecule has 2 aliphatic heterocycles. The van der Waals surface area contributed by atoms with E-state index in [-0.39, 0.29) is 24.3 Å². The van der Waals surface area contributed by atoms with Crippen molar-refractivity contribution in [1.82, 2.24) is 24.3 Å². The number of likely N-dealkylation sites (tertiary alicyclic amines) is 1. The molecule has 3 rings (SSSR count). The van der Waals surface area contributed by atoms with E-state index in [2.05, 4.69) is 21.7 Å². The zero-order valence-corrected chi connectivity index (χ0v) is 15.6. The number of likely N-dealkylation sites (N-methyl/N-ethyl adjacent to an activating group) is 1. The van der Waals surface area contributed by atoms with E-state index < -0.39 is 0 Å². The first-order chi connectivity index (χ1) is 12.6. The van der Waals surface area contributed by atoms with Crippen molar-refractivity contribution in [2.45, 2.75) is 32.2 Å². The second-order valence-electron chi connectivity index (χ2n) is 7.27. The summed E-state index contributed by atoms with van der Waals surface area (Å²) in [5, 5.41) is 0. The molecule has 0 aliphatic carbocycles. The molecule has 2 fully saturated rings. The van der Waals surface area contributed by atoms with Crippen molar-refractivity contribution in [3.63, 3.8) is 0 Å². The van der Waals surface area contributed by atoms with Gasteiger partial charge in [-0.25, -0.2) is 4.98 Å². The molecule has 8 nitrogen and oxygen atoms in total. The van der Waals surface area contributed by atoms with Crippen molar-refractivity contribution < 1.29 is 9.59 Å². The van der Waals surface area contributed by atoms with E-state index in [9.17, 15) is 9.59 Å². The zero-order valence-electron chi connectivity index (χ0n) is 15.6. The number of carbonyl (C=O) groups is 2. The van der Waals surface area contributed by atoms with Gasteiger partial charge in [-0.1, -0.05) is 6.92 Å². The predicted molar refractivity (Wildman–Crippen MR) is 98.5 cm³/mol. The highest BCUT2D eigenvalue weighted by molar-refractivity contribution is 5.78. The number of amides is 2. The Bertz CT molecular complexity index is 623. The fraction of sp³-hybridized carbons (Fsp3) is 0.722. The average molecular weight is 362 g/mol. The van der Waals surface area contributed by atoms with Crippen LogP contribution in [-0.4, -0.2) is 88.4 Å². The lowest BCUT2D eigenvalue weighted by atomic mass is 9.97. The number of piperazine rings is 1. The van der Waals surface area contributed by atoms with E-state index in [1.165, 1.54) is 0 Å². The van der Waals surface area contributed by atoms with Gasteiger partial charge in [0, 0.05) is 57.6 Å². The number of imidazole rings is 1. The molecule has 8 heteroatoms. The lowest BCUT2D eigenvalue weighted by Crippen LogP contribution is -2.51. The monoisotopic (exact) mass is 362 g/mol. The van der Waals surface area contributed by atoms with Crippen molar-refractivity contribution in [3.8, 4) is 0 Å². The highest BCUT2D eigenvalue weighted by Crippen LogP contribution is 2.26. The Kier molecular flexibility index (Phi) is 6.26. The van der Waals surface area contributed by atoms with Crippen molar-refractivity contribution in [3.05, 3.63) is 18.2 Å². The molecular weight excluding hydrogens is 332 g/mol. The maximum atomic E-state index is 12.8. The highest BCUT2D eigenvalue weighted by atomic mass is 16.2. The number of aromatic nitrogens is 2. The van der Waals surface area contributed by atoms with Gasteiger partial charge in [0.15, 0.2) is 0 Å². The Hall–Kier alpha value is -1.93. The Balaban J connectivity index is 1.56. The van der Waals surface area contributed by atoms with Gasteiger partial charge in [-0.05, 0) is 19.4 Å². The molecule has 1 unspecified atom stereocenters. The lowest BCUT2D eigenvalue weighted by Gasteiger charge is -2.37. The number of hydrogen-bond acceptors (Lipinski definition) is 5. The SMILES string of the molecule is CCN1CCN(CC(=O)N2CCCC(c3nccn3CC(N)=O)C2)CC1. The topological polar surface area (TPSA) is 87.7 Å². The number of piperidine rings is 1. The molecule has 2 N–H and O–H groups in total. The van der Waals surface area contributed by atoms with Gasteiger partial charge in [0.2, 0.25) is 11.8 Å². The van der Waals surface area contributed by atoms with E-state index in [0.717, 1.165) is 57.9 Å². The molecule has 0 radical (unpaired) electrons. The summed E-state index contributed by atoms with van der Waals surface area (Å²) in [5.74, 6) is 0.851. The summed E-state index contributed by atoms with van der Waals surface area (Å²) in [6.07, 6.45) is 5.43. The summed E-state index contributed by atoms with van der Waals surface area (Å²) >= 11 is 0. The summed E-state index contributed by atoms with van der Waals surface area (Å²) in [7, 11) is 0. The summed E-state index contributed by atoms with van der Waals surface area (Å²) in [5.41, 5.74) is 5.32. The first-order valence-corrected chi connectivity index (χ1v) is 9.58. The first kappa shape index (κ1) is 18.8. The van der Waals surface area contributed by atoms with Crippen molar-refractivity contribution in [2.24, 2.45) is 5.73 Å². The second kappa shape index (κ2) is 8.64. The van der Waals surface area contributed by atoms with Gasteiger partial charge in [-0.15, -0.1) is 0 Å². The molecule has 2 amide bonds. The fourth-order valence-electron chi connectivity index (χ4n) is 3.95. The van der Waals surface area contributed by atoms with Crippen molar-refractivity contribution >= 4 is 11.8 Å². The van der Waals surface area contributed by atoms with E-state index in [4.69, 9.17) is 5.73 Å². The molecule has 2 saturated heterocycles. The lowest BCUT2D eigenvalue weighted by molar-refractivity contribution is -0.134. The Labute approximate surface area is 154 Å². The fourth-order valence-corrected chi connectivity index (χ4v) is 3.95. The minimum Gasteiger partial charge on any atom is -0.368 e. The van der Waals surface area contributed by atoms with Gasteiger partial charge >= 0.3 is 0 Å². The number of hydrogen-bond donors (Lipinski definition) is 1. The van der Waals surface area contributed by atoms with Crippen LogP contribution in [0.15, 0.2) is 12.4 Å². The Morgan fingerprint density at radius 3 is 2.58 bits per heavy atom. The van der Waals surface area contributed by atoms with Crippen LogP contribution in [0.3, 0.4) is 0 Å². The van der Waals surface area contributed by atoms with E-state index in [0.29, 0.717) is 13.1 Å². The number of nitrogens with zero attached hydrogens (tertiary/aromatic N) is 5. The molecule has 0 spiro atoms. The third-order valence-electron chi connectivity index (χ3n) is 5.48. The minimum atomic E-state index is -0.376. The van der Waals surface area contributed by atoms with Crippen molar-refractivity contribution in [1.29, 1.82) is 0 Å². The molecule has 144 valence electrons. The van der Waals surface area contributed by atoms with Crippen LogP contribution in [-0.2, 0) is 16.1 Å². The molecule has 0 saturated carbocycles. The van der Waals surface area contributed by atoms with E-state index in [1.807, 2.05) is 9.47 Å². The van der Waals surface area contributed by atoms with Crippen LogP contribution in [0.5, 0.6) is 0 Å². The minimum absolute atomic E-state index is 0.140. The van der Waals surface area contributed by atoms with Crippen LogP contribution in [0.25, 0.3) is 0 Å². The largest absolute Gasteiger partial charge is 0.368 e. The molecule has 26 heavy (non-hydrogen) atoms. The maximum Gasteiger partial charge on any atom is 0.237 e. The van der Waals surface area contributed by atoms with Gasteiger partial charge in [0.1, 0.15) is 12.4 Å². The van der Waals surface area contributed by atoms with Crippen LogP contribution in [0, 0.1) is 0 Å². The maximum absolute atomic E-state index is 12.8. The third kappa shape index (κ3) is 4.62. The number of rotatable bonds is 6. The predicted octanol–water partition coefficient (Wildman–Crippen LogP) is -0.288. The summed E-state index contributed by atoms with van der Waals surface area (Å²) in [6, 6.07) is 0. The normalized spacial score (nSPS) is 22.5. The second-order valence-corrected chi connectivity index (χ2v) is 7.27. The van der Waals surface area contributed by atoms with Gasteiger partial charge in [-0.2, -0.15) is 0 Å². The summed E-state index contributed by atoms with van der Waals surface area (Å²) in [4.78, 5) is 35.1. The number of carbonyl (C=O) groups excluding carboxylic acids is 2. The van der Waals surface area contributed by atoms with E-state index in [1.54, 1.807) is 12.4 Å². The van der Waals surface area contributed by atoms with Crippen LogP contribution in [0.1, 0.15) is 31.5 Å². The molecule has 0 aromatic carbocycles. The van der Waals surface area contributed by atoms with Crippen LogP contribution in [0.2, 0.25) is 0 Å². The number of primary amides is 1. The van der Waals surface area contributed by atoms with Crippen LogP contribution >= 0.6 is 0 Å². The standard InChI is InChI=1S/C18H30N6O2/c1-2-21-8-10-22(11-9-21)14-17(26)23-6-3-4-15(12-23)18-20-5-7-24(18)13-16(19)25/h5,7,15H,2-4,6,8-14H2,1H3,(H2,19,25). The first-order valence-electron chi connectivity index (χ1n) is 9.58. The molecule has 1 aromatic rings. The third-order valence-corrected chi connectivity index (χ3v) is 5.48. The average Bonchev–Trinajstić information content (AvgIpc) is 3.10. The number of nitrogens with two attached hydrogens (primary N) is 1. The van der Waals surface area contributed by atoms with Gasteiger partial charge in [0.05, 0.1) is 6.54 Å². The van der Waals surface area contributed by atoms with Crippen molar-refractivity contribution in [2.75, 3.05) is 52.4 Å². The highest BCUT2D eigenvalue weighted by Gasteiger charge is 2.29. The molecular formula is C18H30N6O2. The molecule has 1 atom stereocenters. The molecule has 0 bridgehead atoms. The van der Waals surface area contributed by atoms with Crippen LogP contribution in [0.4, 0.5) is 0 Å². The smallest absolute Gasteiger partial charge is 0.237 e. The van der Waals surface area contributed by atoms with Gasteiger partial charge < -0.3 is 20.1 Å².